The van der Waals surface area contributed by atoms with Crippen molar-refractivity contribution in [3.05, 3.63) is 71.8 Å². The molecule has 2 aromatic carbocycles. The van der Waals surface area contributed by atoms with E-state index in [-0.39, 0.29) is 37.5 Å². The molecule has 0 bridgehead atoms. The second-order valence-electron chi connectivity index (χ2n) is 11.3. The summed E-state index contributed by atoms with van der Waals surface area (Å²) < 4.78 is 5.08. The standard InChI is InChI=1S/C32H43N7O5/c1-2-44-28(41)21-39(25-15-16-25)30(42)26(18-27(40)35-19-22-10-9-17-38(20-22)31(33)34)36-32(43)37-29(23-11-5-3-6-12-23)24-13-7-4-8-14-24/h3-8,11-14,22,25-26,29H,2,9-10,15-21H2,1H3,(H3,33,34)(H,35,40)(H2,36,37,43)/t22-,26-/m0/s1. The monoisotopic (exact) mass is 605 g/mol. The number of urea groups is 1. The van der Waals surface area contributed by atoms with Crippen molar-refractivity contribution < 1.29 is 23.9 Å². The third-order valence-electron chi connectivity index (χ3n) is 7.86. The van der Waals surface area contributed by atoms with Crippen LogP contribution in [0.25, 0.3) is 0 Å². The van der Waals surface area contributed by atoms with Crippen LogP contribution in [0.3, 0.4) is 0 Å². The number of amides is 4. The van der Waals surface area contributed by atoms with Gasteiger partial charge in [0, 0.05) is 25.7 Å². The minimum Gasteiger partial charge on any atom is -0.465 e. The second-order valence-corrected chi connectivity index (χ2v) is 11.3. The molecular weight excluding hydrogens is 562 g/mol. The van der Waals surface area contributed by atoms with E-state index in [4.69, 9.17) is 15.9 Å². The zero-order chi connectivity index (χ0) is 31.5. The molecule has 2 aliphatic rings. The Hall–Kier alpha value is -4.61. The van der Waals surface area contributed by atoms with Gasteiger partial charge in [-0.15, -0.1) is 0 Å². The first-order chi connectivity index (χ1) is 21.2. The first kappa shape index (κ1) is 32.3. The third-order valence-corrected chi connectivity index (χ3v) is 7.86. The number of guanidine groups is 1. The minimum atomic E-state index is -1.21. The van der Waals surface area contributed by atoms with Crippen LogP contribution >= 0.6 is 0 Å². The second kappa shape index (κ2) is 15.7. The maximum atomic E-state index is 13.8. The summed E-state index contributed by atoms with van der Waals surface area (Å²) in [6.07, 6.45) is 2.89. The molecule has 2 fully saturated rings. The van der Waals surface area contributed by atoms with Crippen molar-refractivity contribution in [2.45, 2.75) is 57.2 Å². The Kier molecular flexibility index (Phi) is 11.6. The zero-order valence-electron chi connectivity index (χ0n) is 25.2. The summed E-state index contributed by atoms with van der Waals surface area (Å²) >= 11 is 0. The summed E-state index contributed by atoms with van der Waals surface area (Å²) in [7, 11) is 0. The number of nitrogens with one attached hydrogen (secondary N) is 4. The fourth-order valence-corrected chi connectivity index (χ4v) is 5.47. The Balaban J connectivity index is 1.48. The van der Waals surface area contributed by atoms with Crippen LogP contribution in [0.15, 0.2) is 60.7 Å². The molecule has 1 aliphatic heterocycles. The van der Waals surface area contributed by atoms with Crippen LogP contribution in [0, 0.1) is 11.3 Å². The number of nitrogens with two attached hydrogens (primary N) is 1. The van der Waals surface area contributed by atoms with Crippen LogP contribution in [0.5, 0.6) is 0 Å². The first-order valence-corrected chi connectivity index (χ1v) is 15.2. The van der Waals surface area contributed by atoms with Crippen LogP contribution in [0.2, 0.25) is 0 Å². The minimum absolute atomic E-state index is 0.00739. The van der Waals surface area contributed by atoms with Crippen LogP contribution in [-0.4, -0.2) is 84.4 Å². The molecule has 1 saturated heterocycles. The van der Waals surface area contributed by atoms with E-state index in [9.17, 15) is 19.2 Å². The molecule has 236 valence electrons. The lowest BCUT2D eigenvalue weighted by molar-refractivity contribution is -0.150. The van der Waals surface area contributed by atoms with Gasteiger partial charge in [0.25, 0.3) is 0 Å². The molecule has 12 heteroatoms. The van der Waals surface area contributed by atoms with E-state index in [0.717, 1.165) is 36.8 Å². The average molecular weight is 606 g/mol. The Bertz CT molecular complexity index is 1250. The van der Waals surface area contributed by atoms with Gasteiger partial charge in [-0.1, -0.05) is 60.7 Å². The first-order valence-electron chi connectivity index (χ1n) is 15.2. The molecule has 0 unspecified atom stereocenters. The van der Waals surface area contributed by atoms with Gasteiger partial charge in [0.15, 0.2) is 5.96 Å². The van der Waals surface area contributed by atoms with E-state index < -0.39 is 35.9 Å². The Morgan fingerprint density at radius 1 is 1.00 bits per heavy atom. The van der Waals surface area contributed by atoms with Gasteiger partial charge in [0.2, 0.25) is 11.8 Å². The van der Waals surface area contributed by atoms with Crippen molar-refractivity contribution in [1.82, 2.24) is 25.8 Å². The number of ether oxygens (including phenoxy) is 1. The Labute approximate surface area is 258 Å². The number of carbonyl (C=O) groups is 4. The topological polar surface area (TPSA) is 170 Å². The SMILES string of the molecule is CCOC(=O)CN(C(=O)[C@H](CC(=O)NC[C@@H]1CCCN(C(=N)N)C1)NC(=O)NC(c1ccccc1)c1ccccc1)C1CC1. The lowest BCUT2D eigenvalue weighted by atomic mass is 9.98. The van der Waals surface area contributed by atoms with E-state index in [0.29, 0.717) is 19.6 Å². The number of hydrogen-bond acceptors (Lipinski definition) is 6. The third kappa shape index (κ3) is 9.45. The number of piperidine rings is 1. The number of carbonyl (C=O) groups excluding carboxylic acids is 4. The number of nitrogens with zero attached hydrogens (tertiary/aromatic N) is 2. The Morgan fingerprint density at radius 3 is 2.20 bits per heavy atom. The highest BCUT2D eigenvalue weighted by atomic mass is 16.5. The smallest absolute Gasteiger partial charge is 0.325 e. The predicted octanol–water partition coefficient (Wildman–Crippen LogP) is 2.11. The van der Waals surface area contributed by atoms with Gasteiger partial charge in [-0.25, -0.2) is 4.79 Å². The lowest BCUT2D eigenvalue weighted by Crippen LogP contribution is -2.55. The molecular formula is C32H43N7O5. The molecule has 0 radical (unpaired) electrons. The summed E-state index contributed by atoms with van der Waals surface area (Å²) in [5, 5.41) is 16.3. The highest BCUT2D eigenvalue weighted by Crippen LogP contribution is 2.28. The summed E-state index contributed by atoms with van der Waals surface area (Å²) in [6.45, 7) is 3.25. The van der Waals surface area contributed by atoms with Crippen molar-refractivity contribution in [2.24, 2.45) is 11.7 Å². The molecule has 44 heavy (non-hydrogen) atoms. The number of rotatable bonds is 13. The van der Waals surface area contributed by atoms with E-state index in [1.807, 2.05) is 60.7 Å². The fraction of sp³-hybridized carbons (Fsp3) is 0.469. The van der Waals surface area contributed by atoms with E-state index in [2.05, 4.69) is 16.0 Å². The van der Waals surface area contributed by atoms with Crippen LogP contribution in [0.1, 0.15) is 56.2 Å². The molecule has 4 amide bonds. The molecule has 0 aromatic heterocycles. The van der Waals surface area contributed by atoms with Crippen molar-refractivity contribution in [2.75, 3.05) is 32.8 Å². The summed E-state index contributed by atoms with van der Waals surface area (Å²) in [4.78, 5) is 56.0. The normalized spacial score (nSPS) is 16.9. The molecule has 6 N–H and O–H groups in total. The molecule has 0 spiro atoms. The summed E-state index contributed by atoms with van der Waals surface area (Å²) in [6, 6.07) is 16.4. The van der Waals surface area contributed by atoms with E-state index in [1.165, 1.54) is 4.90 Å². The quantitative estimate of drug-likeness (QED) is 0.132. The number of hydrogen-bond donors (Lipinski definition) is 5. The Morgan fingerprint density at radius 2 is 1.64 bits per heavy atom. The van der Waals surface area contributed by atoms with Crippen molar-refractivity contribution in [3.63, 3.8) is 0 Å². The van der Waals surface area contributed by atoms with E-state index >= 15 is 0 Å². The number of benzene rings is 2. The molecule has 1 heterocycles. The lowest BCUT2D eigenvalue weighted by Gasteiger charge is -2.33. The van der Waals surface area contributed by atoms with Crippen LogP contribution in [0.4, 0.5) is 4.79 Å². The molecule has 2 aromatic rings. The fourth-order valence-electron chi connectivity index (χ4n) is 5.47. The van der Waals surface area contributed by atoms with Crippen molar-refractivity contribution in [1.29, 1.82) is 5.41 Å². The summed E-state index contributed by atoms with van der Waals surface area (Å²) in [5.41, 5.74) is 7.35. The predicted molar refractivity (Wildman–Crippen MR) is 165 cm³/mol. The van der Waals surface area contributed by atoms with Gasteiger partial charge in [-0.05, 0) is 49.7 Å². The molecule has 1 aliphatic carbocycles. The number of esters is 1. The number of likely N-dealkylation sites (tertiary alicyclic amines) is 1. The van der Waals surface area contributed by atoms with Gasteiger partial charge in [0.1, 0.15) is 12.6 Å². The maximum absolute atomic E-state index is 13.8. The highest BCUT2D eigenvalue weighted by molar-refractivity contribution is 5.93. The summed E-state index contributed by atoms with van der Waals surface area (Å²) in [5.74, 6) is -1.35. The maximum Gasteiger partial charge on any atom is 0.325 e. The zero-order valence-corrected chi connectivity index (χ0v) is 25.2. The molecule has 1 saturated carbocycles. The van der Waals surface area contributed by atoms with Gasteiger partial charge < -0.3 is 36.2 Å². The van der Waals surface area contributed by atoms with Crippen molar-refractivity contribution in [3.8, 4) is 0 Å². The molecule has 2 atom stereocenters. The molecule has 4 rings (SSSR count). The van der Waals surface area contributed by atoms with Crippen LogP contribution < -0.4 is 21.7 Å². The van der Waals surface area contributed by atoms with E-state index in [1.54, 1.807) is 11.8 Å². The highest BCUT2D eigenvalue weighted by Gasteiger charge is 2.39. The average Bonchev–Trinajstić information content (AvgIpc) is 3.87. The molecule has 12 nitrogen and oxygen atoms in total. The van der Waals surface area contributed by atoms with Crippen molar-refractivity contribution >= 4 is 29.8 Å². The van der Waals surface area contributed by atoms with Gasteiger partial charge >= 0.3 is 12.0 Å². The van der Waals surface area contributed by atoms with Gasteiger partial charge in [-0.3, -0.25) is 19.8 Å². The van der Waals surface area contributed by atoms with Crippen LogP contribution in [-0.2, 0) is 19.1 Å². The van der Waals surface area contributed by atoms with Gasteiger partial charge in [-0.2, -0.15) is 0 Å². The largest absolute Gasteiger partial charge is 0.465 e. The van der Waals surface area contributed by atoms with Gasteiger partial charge in [0.05, 0.1) is 19.1 Å².